The molecule has 0 spiro atoms. The predicted molar refractivity (Wildman–Crippen MR) is 71.8 cm³/mol. The van der Waals surface area contributed by atoms with Gasteiger partial charge in [-0.2, -0.15) is 0 Å². The lowest BCUT2D eigenvalue weighted by molar-refractivity contribution is -0.144. The number of benzene rings is 1. The molecule has 19 heavy (non-hydrogen) atoms. The van der Waals surface area contributed by atoms with E-state index in [1.165, 1.54) is 23.5 Å². The molecule has 2 aromatic rings. The lowest BCUT2D eigenvalue weighted by atomic mass is 10.2. The molecule has 100 valence electrons. The number of aryl methyl sites for hydroxylation is 1. The van der Waals surface area contributed by atoms with Crippen molar-refractivity contribution >= 4 is 28.9 Å². The van der Waals surface area contributed by atoms with E-state index in [0.717, 1.165) is 5.01 Å². The molecule has 3 nitrogen and oxygen atoms in total. The van der Waals surface area contributed by atoms with Crippen LogP contribution in [0.5, 0.6) is 0 Å². The normalized spacial score (nSPS) is 10.5. The largest absolute Gasteiger partial charge is 0.460 e. The van der Waals surface area contributed by atoms with Crippen LogP contribution < -0.4 is 0 Å². The molecule has 0 unspecified atom stereocenters. The smallest absolute Gasteiger partial charge is 0.312 e. The average molecular weight is 300 g/mol. The third-order valence-corrected chi connectivity index (χ3v) is 3.61. The van der Waals surface area contributed by atoms with Gasteiger partial charge in [0.2, 0.25) is 0 Å². The molecule has 1 aromatic heterocycles. The van der Waals surface area contributed by atoms with Crippen molar-refractivity contribution in [2.24, 2.45) is 0 Å². The van der Waals surface area contributed by atoms with Crippen molar-refractivity contribution in [3.05, 3.63) is 50.7 Å². The van der Waals surface area contributed by atoms with Gasteiger partial charge >= 0.3 is 5.97 Å². The number of rotatable bonds is 4. The van der Waals surface area contributed by atoms with Crippen molar-refractivity contribution in [1.82, 2.24) is 4.98 Å². The summed E-state index contributed by atoms with van der Waals surface area (Å²) in [6.45, 7) is 1.69. The molecular weight excluding hydrogens is 289 g/mol. The van der Waals surface area contributed by atoms with Gasteiger partial charge in [0.1, 0.15) is 12.4 Å². The Morgan fingerprint density at radius 1 is 1.53 bits per heavy atom. The summed E-state index contributed by atoms with van der Waals surface area (Å²) in [5, 5.41) is 2.93. The number of esters is 1. The zero-order valence-electron chi connectivity index (χ0n) is 10.2. The number of hydrogen-bond acceptors (Lipinski definition) is 4. The molecule has 1 heterocycles. The van der Waals surface area contributed by atoms with Gasteiger partial charge in [-0.15, -0.1) is 11.3 Å². The number of carbonyl (C=O) groups is 1. The highest BCUT2D eigenvalue weighted by atomic mass is 35.5. The summed E-state index contributed by atoms with van der Waals surface area (Å²) >= 11 is 7.30. The van der Waals surface area contributed by atoms with Gasteiger partial charge in [0.25, 0.3) is 0 Å². The van der Waals surface area contributed by atoms with Crippen LogP contribution in [0.15, 0.2) is 23.6 Å². The van der Waals surface area contributed by atoms with Crippen LogP contribution in [0, 0.1) is 12.7 Å². The van der Waals surface area contributed by atoms with Gasteiger partial charge in [-0.1, -0.05) is 17.7 Å². The summed E-state index contributed by atoms with van der Waals surface area (Å²) in [5.74, 6) is -0.936. The fraction of sp³-hybridized carbons (Fsp3) is 0.231. The van der Waals surface area contributed by atoms with Gasteiger partial charge in [-0.25, -0.2) is 9.37 Å². The summed E-state index contributed by atoms with van der Waals surface area (Å²) in [5.41, 5.74) is 0.846. The minimum atomic E-state index is -0.482. The molecule has 0 saturated carbocycles. The lowest BCUT2D eigenvalue weighted by Gasteiger charge is -2.06. The molecule has 0 radical (unpaired) electrons. The number of aromatic nitrogens is 1. The van der Waals surface area contributed by atoms with E-state index < -0.39 is 11.8 Å². The Hall–Kier alpha value is -1.46. The van der Waals surface area contributed by atoms with Crippen LogP contribution in [0.25, 0.3) is 0 Å². The van der Waals surface area contributed by atoms with Gasteiger partial charge in [-0.05, 0) is 19.1 Å². The first-order valence-corrected chi connectivity index (χ1v) is 6.81. The first-order chi connectivity index (χ1) is 9.06. The highest BCUT2D eigenvalue weighted by molar-refractivity contribution is 7.09. The highest BCUT2D eigenvalue weighted by Crippen LogP contribution is 2.20. The minimum Gasteiger partial charge on any atom is -0.460 e. The van der Waals surface area contributed by atoms with E-state index >= 15 is 0 Å². The molecule has 0 amide bonds. The van der Waals surface area contributed by atoms with Crippen LogP contribution >= 0.6 is 22.9 Å². The Morgan fingerprint density at radius 2 is 2.32 bits per heavy atom. The maximum absolute atomic E-state index is 13.4. The van der Waals surface area contributed by atoms with Gasteiger partial charge in [0.05, 0.1) is 22.1 Å². The summed E-state index contributed by atoms with van der Waals surface area (Å²) in [6.07, 6.45) is 0.0798. The molecule has 6 heteroatoms. The third-order valence-electron chi connectivity index (χ3n) is 2.43. The number of nitrogens with zero attached hydrogens (tertiary/aromatic N) is 1. The molecule has 0 aliphatic rings. The van der Waals surface area contributed by atoms with Gasteiger partial charge < -0.3 is 4.74 Å². The van der Waals surface area contributed by atoms with E-state index in [-0.39, 0.29) is 23.6 Å². The molecule has 0 bridgehead atoms. The van der Waals surface area contributed by atoms with Gasteiger partial charge in [0, 0.05) is 10.9 Å². The monoisotopic (exact) mass is 299 g/mol. The number of thiazole rings is 1. The van der Waals surface area contributed by atoms with Crippen molar-refractivity contribution < 1.29 is 13.9 Å². The fourth-order valence-corrected chi connectivity index (χ4v) is 2.34. The predicted octanol–water partition coefficient (Wildman–Crippen LogP) is 3.53. The van der Waals surface area contributed by atoms with Crippen LogP contribution in [0.2, 0.25) is 5.02 Å². The minimum absolute atomic E-state index is 0.0798. The molecule has 0 N–H and O–H groups in total. The van der Waals surface area contributed by atoms with Gasteiger partial charge in [0.15, 0.2) is 0 Å². The number of carbonyl (C=O) groups excluding carboxylic acids is 1. The van der Waals surface area contributed by atoms with E-state index in [1.54, 1.807) is 11.4 Å². The zero-order chi connectivity index (χ0) is 13.8. The van der Waals surface area contributed by atoms with Crippen molar-refractivity contribution in [3.8, 4) is 0 Å². The van der Waals surface area contributed by atoms with Crippen molar-refractivity contribution in [3.63, 3.8) is 0 Å². The SMILES string of the molecule is Cc1nc(CC(=O)OCc2c(F)cccc2Cl)cs1. The van der Waals surface area contributed by atoms with E-state index in [0.29, 0.717) is 5.69 Å². The van der Waals surface area contributed by atoms with E-state index in [4.69, 9.17) is 16.3 Å². The average Bonchev–Trinajstić information content (AvgIpc) is 2.74. The Kier molecular flexibility index (Phi) is 4.50. The molecule has 0 aliphatic carbocycles. The fourth-order valence-electron chi connectivity index (χ4n) is 1.51. The highest BCUT2D eigenvalue weighted by Gasteiger charge is 2.11. The van der Waals surface area contributed by atoms with Crippen molar-refractivity contribution in [2.75, 3.05) is 0 Å². The number of ether oxygens (including phenoxy) is 1. The quantitative estimate of drug-likeness (QED) is 0.811. The Bertz CT molecular complexity index is 580. The van der Waals surface area contributed by atoms with Crippen LogP contribution in [0.3, 0.4) is 0 Å². The zero-order valence-corrected chi connectivity index (χ0v) is 11.7. The Morgan fingerprint density at radius 3 is 2.95 bits per heavy atom. The van der Waals surface area contributed by atoms with Crippen molar-refractivity contribution in [2.45, 2.75) is 20.0 Å². The van der Waals surface area contributed by atoms with Gasteiger partial charge in [-0.3, -0.25) is 4.79 Å². The van der Waals surface area contributed by atoms with Crippen LogP contribution in [0.4, 0.5) is 4.39 Å². The van der Waals surface area contributed by atoms with Crippen LogP contribution in [-0.4, -0.2) is 11.0 Å². The first-order valence-electron chi connectivity index (χ1n) is 5.56. The summed E-state index contributed by atoms with van der Waals surface area (Å²) in [4.78, 5) is 15.8. The maximum atomic E-state index is 13.4. The van der Waals surface area contributed by atoms with E-state index in [9.17, 15) is 9.18 Å². The summed E-state index contributed by atoms with van der Waals surface area (Å²) in [7, 11) is 0. The van der Waals surface area contributed by atoms with Crippen LogP contribution in [-0.2, 0) is 22.6 Å². The molecule has 0 atom stereocenters. The molecule has 0 saturated heterocycles. The van der Waals surface area contributed by atoms with Crippen molar-refractivity contribution in [1.29, 1.82) is 0 Å². The summed E-state index contributed by atoms with van der Waals surface area (Å²) in [6, 6.07) is 4.33. The Labute approximate surface area is 119 Å². The number of hydrogen-bond donors (Lipinski definition) is 0. The molecular formula is C13H11ClFNO2S. The van der Waals surface area contributed by atoms with E-state index in [2.05, 4.69) is 4.98 Å². The molecule has 0 fully saturated rings. The second-order valence-corrected chi connectivity index (χ2v) is 5.36. The summed E-state index contributed by atoms with van der Waals surface area (Å²) < 4.78 is 18.4. The number of halogens is 2. The standard InChI is InChI=1S/C13H11ClFNO2S/c1-8-16-9(7-19-8)5-13(17)18-6-10-11(14)3-2-4-12(10)15/h2-4,7H,5-6H2,1H3. The second kappa shape index (κ2) is 6.12. The third kappa shape index (κ3) is 3.75. The molecule has 1 aromatic carbocycles. The topological polar surface area (TPSA) is 39.2 Å². The second-order valence-electron chi connectivity index (χ2n) is 3.90. The molecule has 0 aliphatic heterocycles. The van der Waals surface area contributed by atoms with E-state index in [1.807, 2.05) is 6.92 Å². The lowest BCUT2D eigenvalue weighted by Crippen LogP contribution is -2.09. The Balaban J connectivity index is 1.93. The molecule has 2 rings (SSSR count). The first kappa shape index (κ1) is 14.0. The van der Waals surface area contributed by atoms with Crippen LogP contribution in [0.1, 0.15) is 16.3 Å². The maximum Gasteiger partial charge on any atom is 0.312 e.